The molecule has 0 amide bonds. The highest BCUT2D eigenvalue weighted by molar-refractivity contribution is 5.97. The van der Waals surface area contributed by atoms with Crippen LogP contribution >= 0.6 is 0 Å². The second-order valence-corrected chi connectivity index (χ2v) is 8.59. The van der Waals surface area contributed by atoms with Gasteiger partial charge >= 0.3 is 0 Å². The van der Waals surface area contributed by atoms with E-state index in [2.05, 4.69) is 0 Å². The summed E-state index contributed by atoms with van der Waals surface area (Å²) < 4.78 is 6.32. The summed E-state index contributed by atoms with van der Waals surface area (Å²) in [6.07, 6.45) is 1.35. The second-order valence-electron chi connectivity index (χ2n) is 8.59. The van der Waals surface area contributed by atoms with Crippen LogP contribution in [0.25, 0.3) is 11.6 Å². The van der Waals surface area contributed by atoms with Gasteiger partial charge in [-0.15, -0.1) is 0 Å². The maximum Gasteiger partial charge on any atom is 0.135 e. The molecule has 1 aliphatic heterocycles. The fourth-order valence-corrected chi connectivity index (χ4v) is 5.05. The first kappa shape index (κ1) is 20.1. The fraction of sp³-hybridized carbons (Fsp3) is 0.0714. The van der Waals surface area contributed by atoms with Gasteiger partial charge in [0.1, 0.15) is 40.6 Å². The first-order valence-corrected chi connectivity index (χ1v) is 10.8. The van der Waals surface area contributed by atoms with Crippen LogP contribution in [-0.4, -0.2) is 25.5 Å². The van der Waals surface area contributed by atoms with Gasteiger partial charge < -0.3 is 30.3 Å². The van der Waals surface area contributed by atoms with Crippen LogP contribution in [0.2, 0.25) is 0 Å². The highest BCUT2D eigenvalue weighted by Crippen LogP contribution is 2.57. The van der Waals surface area contributed by atoms with Crippen molar-refractivity contribution in [1.29, 1.82) is 0 Å². The third-order valence-electron chi connectivity index (χ3n) is 6.46. The summed E-state index contributed by atoms with van der Waals surface area (Å²) in [5.74, 6) is 0.214. The normalized spacial score (nSPS) is 17.8. The summed E-state index contributed by atoms with van der Waals surface area (Å²) in [4.78, 5) is 0. The molecule has 0 spiro atoms. The van der Waals surface area contributed by atoms with Gasteiger partial charge in [0.15, 0.2) is 0 Å². The maximum atomic E-state index is 11.0. The number of hydrogen-bond acceptors (Lipinski definition) is 6. The number of benzene rings is 4. The van der Waals surface area contributed by atoms with Crippen LogP contribution in [0.3, 0.4) is 0 Å². The Morgan fingerprint density at radius 1 is 0.647 bits per heavy atom. The Hall–Kier alpha value is -4.58. The summed E-state index contributed by atoms with van der Waals surface area (Å²) in [6, 6.07) is 19.5. The molecule has 2 atom stereocenters. The number of hydrogen-bond donors (Lipinski definition) is 5. The summed E-state index contributed by atoms with van der Waals surface area (Å²) in [7, 11) is 0. The minimum absolute atomic E-state index is 0.0400. The van der Waals surface area contributed by atoms with E-state index < -0.39 is 12.0 Å². The lowest BCUT2D eigenvalue weighted by atomic mass is 9.81. The Bertz CT molecular complexity index is 1470. The lowest BCUT2D eigenvalue weighted by Crippen LogP contribution is -2.13. The monoisotopic (exact) mass is 452 g/mol. The van der Waals surface area contributed by atoms with E-state index in [1.54, 1.807) is 66.7 Å². The second kappa shape index (κ2) is 7.22. The molecule has 0 bridgehead atoms. The van der Waals surface area contributed by atoms with E-state index in [9.17, 15) is 25.5 Å². The van der Waals surface area contributed by atoms with Gasteiger partial charge in [-0.3, -0.25) is 0 Å². The third-order valence-corrected chi connectivity index (χ3v) is 6.46. The number of phenols is 5. The number of fused-ring (bicyclic) bond motifs is 2. The minimum Gasteiger partial charge on any atom is -0.508 e. The SMILES string of the molecule is Oc1ccc(C2=Cc3cc(O)cc4c3C(c3cc(O)cc(O)c32)C(c2ccc(O)cc2)O4)cc1. The predicted molar refractivity (Wildman–Crippen MR) is 126 cm³/mol. The first-order valence-electron chi connectivity index (χ1n) is 10.8. The first-order chi connectivity index (χ1) is 16.4. The molecule has 168 valence electrons. The Kier molecular flexibility index (Phi) is 4.26. The number of ether oxygens (including phenoxy) is 1. The average molecular weight is 452 g/mol. The molecule has 6 nitrogen and oxygen atoms in total. The molecule has 0 saturated heterocycles. The molecule has 2 aliphatic rings. The minimum atomic E-state index is -0.524. The topological polar surface area (TPSA) is 110 Å². The Morgan fingerprint density at radius 2 is 1.29 bits per heavy atom. The highest BCUT2D eigenvalue weighted by atomic mass is 16.5. The van der Waals surface area contributed by atoms with E-state index in [1.807, 2.05) is 6.08 Å². The van der Waals surface area contributed by atoms with Crippen molar-refractivity contribution in [2.75, 3.05) is 0 Å². The van der Waals surface area contributed by atoms with Gasteiger partial charge in [-0.1, -0.05) is 24.3 Å². The molecule has 2 unspecified atom stereocenters. The third kappa shape index (κ3) is 3.03. The number of aromatic hydroxyl groups is 5. The zero-order valence-corrected chi connectivity index (χ0v) is 17.8. The van der Waals surface area contributed by atoms with E-state index in [0.717, 1.165) is 22.3 Å². The van der Waals surface area contributed by atoms with Crippen molar-refractivity contribution >= 4 is 11.6 Å². The van der Waals surface area contributed by atoms with Crippen molar-refractivity contribution in [2.45, 2.75) is 12.0 Å². The molecule has 0 aromatic heterocycles. The van der Waals surface area contributed by atoms with Crippen molar-refractivity contribution in [3.63, 3.8) is 0 Å². The van der Waals surface area contributed by atoms with Crippen LogP contribution in [0.1, 0.15) is 45.4 Å². The number of phenolic OH excluding ortho intramolecular Hbond substituents is 5. The van der Waals surface area contributed by atoms with Gasteiger partial charge in [0, 0.05) is 23.3 Å². The summed E-state index contributed by atoms with van der Waals surface area (Å²) >= 11 is 0. The molecule has 5 N–H and O–H groups in total. The largest absolute Gasteiger partial charge is 0.508 e. The van der Waals surface area contributed by atoms with Gasteiger partial charge in [0.25, 0.3) is 0 Å². The van der Waals surface area contributed by atoms with Crippen molar-refractivity contribution in [3.8, 4) is 34.5 Å². The Morgan fingerprint density at radius 3 is 2.00 bits per heavy atom. The molecular formula is C28H20O6. The standard InChI is InChI=1S/C28H20O6/c29-17-5-1-14(2-6-17)21-10-16-9-19(31)13-24-25(16)27(22-11-20(32)12-23(33)26(21)22)28(34-24)15-3-7-18(30)8-4-15/h1-13,27-33H. The molecular weight excluding hydrogens is 432 g/mol. The van der Waals surface area contributed by atoms with Gasteiger partial charge in [0.05, 0.1) is 5.92 Å². The Balaban J connectivity index is 1.67. The van der Waals surface area contributed by atoms with E-state index >= 15 is 0 Å². The van der Waals surface area contributed by atoms with E-state index in [4.69, 9.17) is 4.74 Å². The quantitative estimate of drug-likeness (QED) is 0.279. The molecule has 4 aromatic carbocycles. The van der Waals surface area contributed by atoms with Crippen molar-refractivity contribution in [2.24, 2.45) is 0 Å². The van der Waals surface area contributed by atoms with Crippen LogP contribution < -0.4 is 4.74 Å². The molecule has 6 heteroatoms. The number of rotatable bonds is 2. The summed E-state index contributed by atoms with van der Waals surface area (Å²) in [5.41, 5.74) is 4.97. The van der Waals surface area contributed by atoms with Crippen molar-refractivity contribution in [3.05, 3.63) is 106 Å². The van der Waals surface area contributed by atoms with Gasteiger partial charge in [-0.2, -0.15) is 0 Å². The lowest BCUT2D eigenvalue weighted by Gasteiger charge is -2.23. The van der Waals surface area contributed by atoms with Gasteiger partial charge in [0.2, 0.25) is 0 Å². The molecule has 0 fully saturated rings. The van der Waals surface area contributed by atoms with E-state index in [-0.39, 0.29) is 28.7 Å². The van der Waals surface area contributed by atoms with Crippen molar-refractivity contribution in [1.82, 2.24) is 0 Å². The molecule has 1 heterocycles. The van der Waals surface area contributed by atoms with Gasteiger partial charge in [-0.25, -0.2) is 0 Å². The van der Waals surface area contributed by atoms with E-state index in [0.29, 0.717) is 22.4 Å². The highest BCUT2D eigenvalue weighted by Gasteiger charge is 2.42. The molecule has 34 heavy (non-hydrogen) atoms. The fourth-order valence-electron chi connectivity index (χ4n) is 5.05. The molecule has 4 aromatic rings. The molecule has 1 aliphatic carbocycles. The van der Waals surface area contributed by atoms with E-state index in [1.165, 1.54) is 6.07 Å². The van der Waals surface area contributed by atoms with Crippen LogP contribution in [0, 0.1) is 0 Å². The van der Waals surface area contributed by atoms with Crippen molar-refractivity contribution < 1.29 is 30.3 Å². The summed E-state index contributed by atoms with van der Waals surface area (Å²) in [5, 5.41) is 51.5. The lowest BCUT2D eigenvalue weighted by molar-refractivity contribution is 0.221. The average Bonchev–Trinajstić information content (AvgIpc) is 3.10. The zero-order chi connectivity index (χ0) is 23.6. The van der Waals surface area contributed by atoms with Crippen LogP contribution in [-0.2, 0) is 0 Å². The van der Waals surface area contributed by atoms with Gasteiger partial charge in [-0.05, 0) is 70.3 Å². The smallest absolute Gasteiger partial charge is 0.135 e. The molecule has 0 radical (unpaired) electrons. The summed E-state index contributed by atoms with van der Waals surface area (Å²) in [6.45, 7) is 0. The van der Waals surface area contributed by atoms with Crippen LogP contribution in [0.15, 0.2) is 72.8 Å². The Labute approximate surface area is 194 Å². The molecule has 0 saturated carbocycles. The molecule has 6 rings (SSSR count). The van der Waals surface area contributed by atoms with Crippen LogP contribution in [0.4, 0.5) is 0 Å². The van der Waals surface area contributed by atoms with Crippen LogP contribution in [0.5, 0.6) is 34.5 Å². The predicted octanol–water partition coefficient (Wildman–Crippen LogP) is 5.38. The zero-order valence-electron chi connectivity index (χ0n) is 17.8. The maximum absolute atomic E-state index is 11.0.